The van der Waals surface area contributed by atoms with Crippen molar-refractivity contribution in [1.82, 2.24) is 0 Å². The summed E-state index contributed by atoms with van der Waals surface area (Å²) < 4.78 is 0. The average molecular weight is 187 g/mol. The van der Waals surface area contributed by atoms with E-state index >= 15 is 0 Å². The molecule has 0 radical (unpaired) electrons. The summed E-state index contributed by atoms with van der Waals surface area (Å²) in [6, 6.07) is 10.5. The van der Waals surface area contributed by atoms with Crippen LogP contribution < -0.4 is 0 Å². The van der Waals surface area contributed by atoms with E-state index in [4.69, 9.17) is 0 Å². The van der Waals surface area contributed by atoms with Crippen molar-refractivity contribution in [2.45, 2.75) is 26.8 Å². The van der Waals surface area contributed by atoms with Crippen molar-refractivity contribution in [3.8, 4) is 0 Å². The molecule has 0 aromatic heterocycles. The smallest absolute Gasteiger partial charge is 0.0724 e. The molecule has 1 rings (SSSR count). The second kappa shape index (κ2) is 4.75. The van der Waals surface area contributed by atoms with E-state index in [1.807, 2.05) is 32.0 Å². The van der Waals surface area contributed by atoms with Gasteiger partial charge in [0.1, 0.15) is 0 Å². The Morgan fingerprint density at radius 1 is 1.21 bits per heavy atom. The summed E-state index contributed by atoms with van der Waals surface area (Å²) in [5.41, 5.74) is 3.31. The maximum absolute atomic E-state index is 4.56. The van der Waals surface area contributed by atoms with Gasteiger partial charge in [-0.05, 0) is 31.9 Å². The van der Waals surface area contributed by atoms with Gasteiger partial charge in [0.2, 0.25) is 0 Å². The van der Waals surface area contributed by atoms with E-state index in [9.17, 15) is 0 Å². The molecule has 0 bridgehead atoms. The van der Waals surface area contributed by atoms with Crippen LogP contribution in [-0.4, -0.2) is 5.71 Å². The molecule has 14 heavy (non-hydrogen) atoms. The zero-order valence-electron chi connectivity index (χ0n) is 9.12. The number of benzene rings is 1. The molecule has 1 unspecified atom stereocenters. The van der Waals surface area contributed by atoms with Crippen molar-refractivity contribution < 1.29 is 0 Å². The van der Waals surface area contributed by atoms with Crippen LogP contribution in [0.5, 0.6) is 0 Å². The van der Waals surface area contributed by atoms with Gasteiger partial charge in [-0.25, -0.2) is 0 Å². The zero-order valence-corrected chi connectivity index (χ0v) is 9.12. The molecule has 0 aliphatic rings. The van der Waals surface area contributed by atoms with Crippen molar-refractivity contribution in [2.75, 3.05) is 0 Å². The first-order valence-electron chi connectivity index (χ1n) is 4.86. The van der Waals surface area contributed by atoms with Crippen LogP contribution in [0.2, 0.25) is 0 Å². The van der Waals surface area contributed by atoms with E-state index in [1.54, 1.807) is 0 Å². The van der Waals surface area contributed by atoms with Gasteiger partial charge in [0.25, 0.3) is 0 Å². The highest BCUT2D eigenvalue weighted by Gasteiger charge is 2.02. The Bertz CT molecular complexity index is 336. The van der Waals surface area contributed by atoms with Crippen LogP contribution >= 0.6 is 0 Å². The van der Waals surface area contributed by atoms with Crippen LogP contribution in [0.25, 0.3) is 0 Å². The van der Waals surface area contributed by atoms with Crippen molar-refractivity contribution in [3.05, 3.63) is 48.0 Å². The first-order valence-corrected chi connectivity index (χ1v) is 4.86. The molecular weight excluding hydrogens is 170 g/mol. The summed E-state index contributed by atoms with van der Waals surface area (Å²) in [6.45, 7) is 9.95. The van der Waals surface area contributed by atoms with Crippen LogP contribution in [0.4, 0.5) is 0 Å². The topological polar surface area (TPSA) is 12.4 Å². The Morgan fingerprint density at radius 2 is 1.79 bits per heavy atom. The summed E-state index contributed by atoms with van der Waals surface area (Å²) in [4.78, 5) is 4.56. The molecule has 0 saturated heterocycles. The molecule has 1 aromatic rings. The number of rotatable bonds is 3. The first kappa shape index (κ1) is 10.7. The minimum absolute atomic E-state index is 0.216. The van der Waals surface area contributed by atoms with Crippen molar-refractivity contribution in [2.24, 2.45) is 4.99 Å². The summed E-state index contributed by atoms with van der Waals surface area (Å²) in [5.74, 6) is 0. The van der Waals surface area contributed by atoms with E-state index in [-0.39, 0.29) is 6.04 Å². The van der Waals surface area contributed by atoms with Gasteiger partial charge in [-0.2, -0.15) is 0 Å². The molecule has 0 heterocycles. The summed E-state index contributed by atoms with van der Waals surface area (Å²) in [6.07, 6.45) is 0. The lowest BCUT2D eigenvalue weighted by Gasteiger charge is -2.08. The molecule has 0 aliphatic heterocycles. The lowest BCUT2D eigenvalue weighted by atomic mass is 10.1. The molecular formula is C13H17N. The highest BCUT2D eigenvalue weighted by Crippen LogP contribution is 2.16. The van der Waals surface area contributed by atoms with Gasteiger partial charge in [-0.1, -0.05) is 36.9 Å². The Hall–Kier alpha value is -1.37. The summed E-state index contributed by atoms with van der Waals surface area (Å²) in [5, 5.41) is 0. The fourth-order valence-corrected chi connectivity index (χ4v) is 1.21. The predicted molar refractivity (Wildman–Crippen MR) is 62.8 cm³/mol. The van der Waals surface area contributed by atoms with Gasteiger partial charge in [-0.15, -0.1) is 0 Å². The van der Waals surface area contributed by atoms with E-state index in [0.29, 0.717) is 0 Å². The van der Waals surface area contributed by atoms with Gasteiger partial charge in [0.05, 0.1) is 6.04 Å². The van der Waals surface area contributed by atoms with Gasteiger partial charge < -0.3 is 0 Å². The Balaban J connectivity index is 2.82. The number of allylic oxidation sites excluding steroid dienone is 1. The Kier molecular flexibility index (Phi) is 3.63. The monoisotopic (exact) mass is 187 g/mol. The van der Waals surface area contributed by atoms with Crippen LogP contribution in [0.3, 0.4) is 0 Å². The molecule has 1 heteroatoms. The zero-order chi connectivity index (χ0) is 10.6. The molecule has 0 aliphatic carbocycles. The second-order valence-corrected chi connectivity index (χ2v) is 3.58. The minimum atomic E-state index is 0.216. The molecule has 1 atom stereocenters. The minimum Gasteiger partial charge on any atom is -0.282 e. The Morgan fingerprint density at radius 3 is 2.29 bits per heavy atom. The highest BCUT2D eigenvalue weighted by atomic mass is 14.8. The number of hydrogen-bond donors (Lipinski definition) is 0. The summed E-state index contributed by atoms with van der Waals surface area (Å²) >= 11 is 0. The SMILES string of the molecule is C=C(C)C(C)=NC(C)c1ccccc1. The molecule has 1 aromatic carbocycles. The summed E-state index contributed by atoms with van der Waals surface area (Å²) in [7, 11) is 0. The fraction of sp³-hybridized carbons (Fsp3) is 0.308. The Labute approximate surface area is 86.2 Å². The number of hydrogen-bond acceptors (Lipinski definition) is 1. The maximum Gasteiger partial charge on any atom is 0.0724 e. The van der Waals surface area contributed by atoms with E-state index in [0.717, 1.165) is 11.3 Å². The molecule has 1 nitrogen and oxygen atoms in total. The standard InChI is InChI=1S/C13H17N/c1-10(2)11(3)14-12(4)13-8-6-5-7-9-13/h5-9,12H,1H2,2-4H3. The van der Waals surface area contributed by atoms with Gasteiger partial charge in [-0.3, -0.25) is 4.99 Å². The third-order valence-electron chi connectivity index (χ3n) is 2.29. The third kappa shape index (κ3) is 2.84. The van der Waals surface area contributed by atoms with Crippen LogP contribution in [0, 0.1) is 0 Å². The molecule has 0 spiro atoms. The van der Waals surface area contributed by atoms with Gasteiger partial charge in [0.15, 0.2) is 0 Å². The van der Waals surface area contributed by atoms with E-state index in [1.165, 1.54) is 5.56 Å². The molecule has 0 amide bonds. The molecule has 0 fully saturated rings. The highest BCUT2D eigenvalue weighted by molar-refractivity contribution is 5.97. The number of aliphatic imine (C=N–C) groups is 1. The van der Waals surface area contributed by atoms with Crippen LogP contribution in [0.1, 0.15) is 32.4 Å². The molecule has 0 N–H and O–H groups in total. The molecule has 0 saturated carbocycles. The van der Waals surface area contributed by atoms with Crippen molar-refractivity contribution >= 4 is 5.71 Å². The lowest BCUT2D eigenvalue weighted by Crippen LogP contribution is -1.97. The van der Waals surface area contributed by atoms with E-state index < -0.39 is 0 Å². The predicted octanol–water partition coefficient (Wildman–Crippen LogP) is 3.78. The molecule has 74 valence electrons. The lowest BCUT2D eigenvalue weighted by molar-refractivity contribution is 0.819. The average Bonchev–Trinajstić information content (AvgIpc) is 2.19. The van der Waals surface area contributed by atoms with E-state index in [2.05, 4.69) is 30.6 Å². The number of nitrogens with zero attached hydrogens (tertiary/aromatic N) is 1. The van der Waals surface area contributed by atoms with Crippen LogP contribution in [0.15, 0.2) is 47.5 Å². The van der Waals surface area contributed by atoms with Gasteiger partial charge in [0, 0.05) is 5.71 Å². The van der Waals surface area contributed by atoms with Crippen LogP contribution in [-0.2, 0) is 0 Å². The van der Waals surface area contributed by atoms with Gasteiger partial charge >= 0.3 is 0 Å². The quantitative estimate of drug-likeness (QED) is 0.638. The van der Waals surface area contributed by atoms with Crippen molar-refractivity contribution in [1.29, 1.82) is 0 Å². The maximum atomic E-state index is 4.56. The largest absolute Gasteiger partial charge is 0.282 e. The van der Waals surface area contributed by atoms with Crippen molar-refractivity contribution in [3.63, 3.8) is 0 Å². The first-order chi connectivity index (χ1) is 6.61. The fourth-order valence-electron chi connectivity index (χ4n) is 1.21. The third-order valence-corrected chi connectivity index (χ3v) is 2.29. The second-order valence-electron chi connectivity index (χ2n) is 3.58. The normalized spacial score (nSPS) is 13.8.